The molecule has 118 valence electrons. The van der Waals surface area contributed by atoms with Gasteiger partial charge in [-0.1, -0.05) is 30.3 Å². The number of aromatic nitrogens is 2. The summed E-state index contributed by atoms with van der Waals surface area (Å²) in [5, 5.41) is 21.7. The van der Waals surface area contributed by atoms with Gasteiger partial charge in [-0.25, -0.2) is 4.98 Å². The van der Waals surface area contributed by atoms with Crippen LogP contribution >= 0.6 is 0 Å². The average molecular weight is 319 g/mol. The molecule has 0 saturated heterocycles. The molecule has 0 fully saturated rings. The van der Waals surface area contributed by atoms with Crippen LogP contribution in [0.2, 0.25) is 0 Å². The molecule has 6 nitrogen and oxygen atoms in total. The van der Waals surface area contributed by atoms with E-state index in [1.165, 1.54) is 6.07 Å². The Morgan fingerprint density at radius 3 is 2.54 bits per heavy atom. The molecule has 24 heavy (non-hydrogen) atoms. The minimum atomic E-state index is 0.269. The lowest BCUT2D eigenvalue weighted by Crippen LogP contribution is -1.94. The van der Waals surface area contributed by atoms with Crippen molar-refractivity contribution in [3.63, 3.8) is 0 Å². The van der Waals surface area contributed by atoms with Crippen molar-refractivity contribution in [2.24, 2.45) is 0 Å². The summed E-state index contributed by atoms with van der Waals surface area (Å²) in [6.07, 6.45) is 0. The van der Waals surface area contributed by atoms with Crippen LogP contribution in [-0.4, -0.2) is 26.4 Å². The number of rotatable bonds is 3. The summed E-state index contributed by atoms with van der Waals surface area (Å²) in [5.74, 6) is 1.38. The Hall–Kier alpha value is -3.54. The SMILES string of the molecule is C=[N+]([O-])c1ccc2nc(-c3ccc(-c4ccccc4)o3)n(O)c2c1. The molecule has 0 unspecified atom stereocenters. The summed E-state index contributed by atoms with van der Waals surface area (Å²) in [4.78, 5) is 4.37. The molecule has 4 rings (SSSR count). The summed E-state index contributed by atoms with van der Waals surface area (Å²) in [6.45, 7) is 3.30. The maximum atomic E-state index is 11.3. The predicted octanol–water partition coefficient (Wildman–Crippen LogP) is 4.04. The maximum absolute atomic E-state index is 11.3. The number of hydrogen-bond donors (Lipinski definition) is 1. The van der Waals surface area contributed by atoms with Crippen LogP contribution in [0.15, 0.2) is 65.1 Å². The minimum Gasteiger partial charge on any atom is -0.619 e. The molecule has 0 spiro atoms. The van der Waals surface area contributed by atoms with E-state index in [4.69, 9.17) is 4.42 Å². The second kappa shape index (κ2) is 5.27. The highest BCUT2D eigenvalue weighted by atomic mass is 16.5. The van der Waals surface area contributed by atoms with E-state index in [1.807, 2.05) is 36.4 Å². The van der Waals surface area contributed by atoms with Crippen molar-refractivity contribution in [2.75, 3.05) is 0 Å². The number of benzene rings is 2. The van der Waals surface area contributed by atoms with Crippen LogP contribution in [0, 0.1) is 5.21 Å². The van der Waals surface area contributed by atoms with Crippen molar-refractivity contribution < 1.29 is 14.4 Å². The predicted molar refractivity (Wildman–Crippen MR) is 90.5 cm³/mol. The lowest BCUT2D eigenvalue weighted by Gasteiger charge is -2.01. The van der Waals surface area contributed by atoms with Gasteiger partial charge >= 0.3 is 0 Å². The third kappa shape index (κ3) is 2.21. The third-order valence-electron chi connectivity index (χ3n) is 3.79. The monoisotopic (exact) mass is 319 g/mol. The molecule has 2 aromatic heterocycles. The first-order valence-corrected chi connectivity index (χ1v) is 7.28. The molecule has 1 N–H and O–H groups in total. The Balaban J connectivity index is 1.81. The summed E-state index contributed by atoms with van der Waals surface area (Å²) >= 11 is 0. The standard InChI is InChI=1S/C18H13N3O3/c1-20(22)13-7-8-14-15(11-13)21(23)18(19-14)17-10-9-16(24-17)12-5-3-2-4-6-12/h2-11,23H,1H2. The van der Waals surface area contributed by atoms with Crippen molar-refractivity contribution in [3.8, 4) is 22.9 Å². The average Bonchev–Trinajstić information content (AvgIpc) is 3.20. The van der Waals surface area contributed by atoms with Gasteiger partial charge in [0.05, 0.1) is 5.52 Å². The zero-order valence-electron chi connectivity index (χ0n) is 12.6. The number of imidazole rings is 1. The highest BCUT2D eigenvalue weighted by Crippen LogP contribution is 2.30. The molecular weight excluding hydrogens is 306 g/mol. The lowest BCUT2D eigenvalue weighted by atomic mass is 10.2. The van der Waals surface area contributed by atoms with E-state index < -0.39 is 0 Å². The van der Waals surface area contributed by atoms with Gasteiger partial charge in [-0.3, -0.25) is 0 Å². The normalized spacial score (nSPS) is 11.0. The molecule has 0 aliphatic rings. The molecule has 2 heterocycles. The first kappa shape index (κ1) is 14.1. The molecule has 0 atom stereocenters. The van der Waals surface area contributed by atoms with Gasteiger partial charge in [0.25, 0.3) is 0 Å². The summed E-state index contributed by atoms with van der Waals surface area (Å²) < 4.78 is 7.21. The summed E-state index contributed by atoms with van der Waals surface area (Å²) in [5.41, 5.74) is 2.22. The van der Waals surface area contributed by atoms with Crippen LogP contribution < -0.4 is 0 Å². The van der Waals surface area contributed by atoms with Crippen molar-refractivity contribution in [1.82, 2.24) is 9.71 Å². The van der Waals surface area contributed by atoms with Crippen molar-refractivity contribution in [3.05, 3.63) is 65.9 Å². The topological polar surface area (TPSA) is 77.3 Å². The van der Waals surface area contributed by atoms with E-state index >= 15 is 0 Å². The molecule has 0 radical (unpaired) electrons. The molecule has 0 saturated carbocycles. The van der Waals surface area contributed by atoms with E-state index in [1.54, 1.807) is 18.2 Å². The Morgan fingerprint density at radius 2 is 1.79 bits per heavy atom. The van der Waals surface area contributed by atoms with E-state index in [0.29, 0.717) is 33.0 Å². The maximum Gasteiger partial charge on any atom is 0.218 e. The number of fused-ring (bicyclic) bond motifs is 1. The number of nitrogens with zero attached hydrogens (tertiary/aromatic N) is 3. The van der Waals surface area contributed by atoms with Crippen LogP contribution in [0.1, 0.15) is 0 Å². The van der Waals surface area contributed by atoms with Gasteiger partial charge in [-0.05, 0) is 18.2 Å². The highest BCUT2D eigenvalue weighted by molar-refractivity contribution is 5.81. The second-order valence-corrected chi connectivity index (χ2v) is 5.33. The van der Waals surface area contributed by atoms with Crippen LogP contribution in [0.3, 0.4) is 0 Å². The minimum absolute atomic E-state index is 0.269. The number of hydrogen-bond acceptors (Lipinski definition) is 4. The highest BCUT2D eigenvalue weighted by Gasteiger charge is 2.17. The van der Waals surface area contributed by atoms with E-state index in [9.17, 15) is 10.4 Å². The Morgan fingerprint density at radius 1 is 1.04 bits per heavy atom. The van der Waals surface area contributed by atoms with Gasteiger partial charge in [0.1, 0.15) is 18.0 Å². The Kier molecular flexibility index (Phi) is 3.09. The van der Waals surface area contributed by atoms with Crippen molar-refractivity contribution in [2.45, 2.75) is 0 Å². The van der Waals surface area contributed by atoms with Gasteiger partial charge in [0, 0.05) is 17.7 Å². The molecule has 4 aromatic rings. The third-order valence-corrected chi connectivity index (χ3v) is 3.79. The molecule has 6 heteroatoms. The lowest BCUT2D eigenvalue weighted by molar-refractivity contribution is -0.349. The van der Waals surface area contributed by atoms with E-state index in [-0.39, 0.29) is 5.82 Å². The number of furan rings is 1. The molecule has 0 amide bonds. The van der Waals surface area contributed by atoms with Crippen LogP contribution in [-0.2, 0) is 0 Å². The van der Waals surface area contributed by atoms with E-state index in [2.05, 4.69) is 11.7 Å². The Labute approximate surface area is 137 Å². The molecule has 0 aliphatic carbocycles. The summed E-state index contributed by atoms with van der Waals surface area (Å²) in [7, 11) is 0. The zero-order chi connectivity index (χ0) is 16.7. The first-order chi connectivity index (χ1) is 11.6. The summed E-state index contributed by atoms with van der Waals surface area (Å²) in [6, 6.07) is 18.0. The van der Waals surface area contributed by atoms with Crippen molar-refractivity contribution >= 4 is 23.4 Å². The quantitative estimate of drug-likeness (QED) is 0.203. The van der Waals surface area contributed by atoms with Gasteiger partial charge in [0.2, 0.25) is 11.5 Å². The fraction of sp³-hybridized carbons (Fsp3) is 0. The van der Waals surface area contributed by atoms with Gasteiger partial charge in [-0.2, -0.15) is 9.47 Å². The van der Waals surface area contributed by atoms with Crippen LogP contribution in [0.4, 0.5) is 5.69 Å². The smallest absolute Gasteiger partial charge is 0.218 e. The van der Waals surface area contributed by atoms with Gasteiger partial charge < -0.3 is 14.8 Å². The van der Waals surface area contributed by atoms with E-state index in [0.717, 1.165) is 10.3 Å². The fourth-order valence-electron chi connectivity index (χ4n) is 2.58. The molecule has 0 aliphatic heterocycles. The molecular formula is C18H13N3O3. The largest absolute Gasteiger partial charge is 0.619 e. The fourth-order valence-corrected chi connectivity index (χ4v) is 2.58. The second-order valence-electron chi connectivity index (χ2n) is 5.33. The zero-order valence-corrected chi connectivity index (χ0v) is 12.6. The molecule has 2 aromatic carbocycles. The first-order valence-electron chi connectivity index (χ1n) is 7.28. The molecule has 0 bridgehead atoms. The van der Waals surface area contributed by atoms with Crippen molar-refractivity contribution in [1.29, 1.82) is 0 Å². The van der Waals surface area contributed by atoms with Gasteiger partial charge in [0.15, 0.2) is 5.76 Å². The Bertz CT molecular complexity index is 1050. The van der Waals surface area contributed by atoms with Crippen LogP contribution in [0.25, 0.3) is 33.9 Å². The van der Waals surface area contributed by atoms with Crippen LogP contribution in [0.5, 0.6) is 0 Å². The van der Waals surface area contributed by atoms with Gasteiger partial charge in [-0.15, -0.1) is 0 Å².